The van der Waals surface area contributed by atoms with Gasteiger partial charge in [-0.1, -0.05) is 6.07 Å². The predicted octanol–water partition coefficient (Wildman–Crippen LogP) is 0.699. The maximum Gasteiger partial charge on any atom is 0.128 e. The van der Waals surface area contributed by atoms with Gasteiger partial charge in [-0.15, -0.1) is 0 Å². The zero-order valence-electron chi connectivity index (χ0n) is 7.94. The van der Waals surface area contributed by atoms with Crippen molar-refractivity contribution in [3.8, 4) is 0 Å². The van der Waals surface area contributed by atoms with Crippen LogP contribution in [0.15, 0.2) is 18.2 Å². The lowest BCUT2D eigenvalue weighted by molar-refractivity contribution is 0.162. The van der Waals surface area contributed by atoms with Crippen molar-refractivity contribution in [1.29, 1.82) is 0 Å². The van der Waals surface area contributed by atoms with E-state index < -0.39 is 18.0 Å². The van der Waals surface area contributed by atoms with Crippen LogP contribution in [0.5, 0.6) is 0 Å². The SMILES string of the molecule is C[C@@H](O)[C@H](N)c1cc(CO)ccc1F. The van der Waals surface area contributed by atoms with E-state index in [1.54, 1.807) is 0 Å². The third-order valence-electron chi connectivity index (χ3n) is 2.12. The van der Waals surface area contributed by atoms with E-state index in [1.807, 2.05) is 0 Å². The first-order valence-corrected chi connectivity index (χ1v) is 4.39. The zero-order chi connectivity index (χ0) is 10.7. The molecular weight excluding hydrogens is 185 g/mol. The lowest BCUT2D eigenvalue weighted by Crippen LogP contribution is -2.24. The Balaban J connectivity index is 3.05. The highest BCUT2D eigenvalue weighted by Crippen LogP contribution is 2.19. The Bertz CT molecular complexity index is 315. The van der Waals surface area contributed by atoms with Crippen molar-refractivity contribution in [2.75, 3.05) is 0 Å². The summed E-state index contributed by atoms with van der Waals surface area (Å²) in [5, 5.41) is 18.1. The Morgan fingerprint density at radius 2 is 2.14 bits per heavy atom. The van der Waals surface area contributed by atoms with E-state index in [0.717, 1.165) is 0 Å². The van der Waals surface area contributed by atoms with Crippen molar-refractivity contribution in [3.05, 3.63) is 35.1 Å². The van der Waals surface area contributed by atoms with Crippen LogP contribution in [0.1, 0.15) is 24.1 Å². The number of rotatable bonds is 3. The van der Waals surface area contributed by atoms with Crippen molar-refractivity contribution < 1.29 is 14.6 Å². The number of hydrogen-bond donors (Lipinski definition) is 3. The monoisotopic (exact) mass is 199 g/mol. The van der Waals surface area contributed by atoms with Gasteiger partial charge in [0, 0.05) is 5.56 Å². The molecule has 14 heavy (non-hydrogen) atoms. The van der Waals surface area contributed by atoms with Crippen LogP contribution in [-0.2, 0) is 6.61 Å². The Morgan fingerprint density at radius 3 is 2.64 bits per heavy atom. The Morgan fingerprint density at radius 1 is 1.50 bits per heavy atom. The van der Waals surface area contributed by atoms with Crippen molar-refractivity contribution in [2.24, 2.45) is 5.73 Å². The third-order valence-corrected chi connectivity index (χ3v) is 2.12. The van der Waals surface area contributed by atoms with E-state index in [1.165, 1.54) is 25.1 Å². The fraction of sp³-hybridized carbons (Fsp3) is 0.400. The molecule has 0 bridgehead atoms. The maximum absolute atomic E-state index is 13.2. The highest BCUT2D eigenvalue weighted by molar-refractivity contribution is 5.27. The first-order chi connectivity index (χ1) is 6.56. The summed E-state index contributed by atoms with van der Waals surface area (Å²) in [6, 6.07) is 3.42. The summed E-state index contributed by atoms with van der Waals surface area (Å²) in [4.78, 5) is 0. The molecular formula is C10H14FNO2. The number of benzene rings is 1. The molecule has 1 aromatic rings. The highest BCUT2D eigenvalue weighted by atomic mass is 19.1. The lowest BCUT2D eigenvalue weighted by atomic mass is 10.0. The molecule has 4 heteroatoms. The first kappa shape index (κ1) is 11.1. The predicted molar refractivity (Wildman–Crippen MR) is 50.9 cm³/mol. The van der Waals surface area contributed by atoms with Gasteiger partial charge in [-0.25, -0.2) is 4.39 Å². The number of aliphatic hydroxyl groups excluding tert-OH is 2. The summed E-state index contributed by atoms with van der Waals surface area (Å²) in [6.45, 7) is 1.33. The smallest absolute Gasteiger partial charge is 0.128 e. The van der Waals surface area contributed by atoms with E-state index >= 15 is 0 Å². The molecule has 0 amide bonds. The molecule has 3 nitrogen and oxygen atoms in total. The van der Waals surface area contributed by atoms with E-state index in [9.17, 15) is 9.50 Å². The molecule has 0 saturated heterocycles. The van der Waals surface area contributed by atoms with Crippen molar-refractivity contribution >= 4 is 0 Å². The molecule has 0 spiro atoms. The van der Waals surface area contributed by atoms with Gasteiger partial charge in [-0.3, -0.25) is 0 Å². The molecule has 78 valence electrons. The molecule has 0 fully saturated rings. The zero-order valence-corrected chi connectivity index (χ0v) is 7.94. The molecule has 0 aromatic heterocycles. The molecule has 1 rings (SSSR count). The van der Waals surface area contributed by atoms with Crippen LogP contribution in [0.4, 0.5) is 4.39 Å². The third kappa shape index (κ3) is 2.29. The summed E-state index contributed by atoms with van der Waals surface area (Å²) in [5.41, 5.74) is 6.40. The van der Waals surface area contributed by atoms with Gasteiger partial charge in [0.05, 0.1) is 18.8 Å². The van der Waals surface area contributed by atoms with E-state index in [4.69, 9.17) is 10.8 Å². The largest absolute Gasteiger partial charge is 0.392 e. The maximum atomic E-state index is 13.2. The van der Waals surface area contributed by atoms with E-state index in [0.29, 0.717) is 5.56 Å². The molecule has 1 aromatic carbocycles. The second-order valence-electron chi connectivity index (χ2n) is 3.28. The minimum Gasteiger partial charge on any atom is -0.392 e. The number of hydrogen-bond acceptors (Lipinski definition) is 3. The molecule has 0 saturated carbocycles. The molecule has 0 aliphatic rings. The summed E-state index contributed by atoms with van der Waals surface area (Å²) in [7, 11) is 0. The van der Waals surface area contributed by atoms with Gasteiger partial charge in [0.2, 0.25) is 0 Å². The minimum absolute atomic E-state index is 0.167. The van der Waals surface area contributed by atoms with Gasteiger partial charge in [0.15, 0.2) is 0 Å². The molecule has 0 radical (unpaired) electrons. The number of nitrogens with two attached hydrogens (primary N) is 1. The highest BCUT2D eigenvalue weighted by Gasteiger charge is 2.16. The van der Waals surface area contributed by atoms with Gasteiger partial charge in [0.1, 0.15) is 5.82 Å². The molecule has 0 aliphatic heterocycles. The summed E-state index contributed by atoms with van der Waals surface area (Å²) >= 11 is 0. The molecule has 4 N–H and O–H groups in total. The van der Waals surface area contributed by atoms with Crippen LogP contribution < -0.4 is 5.73 Å². The topological polar surface area (TPSA) is 66.5 Å². The van der Waals surface area contributed by atoms with Gasteiger partial charge < -0.3 is 15.9 Å². The number of halogens is 1. The van der Waals surface area contributed by atoms with Crippen molar-refractivity contribution in [2.45, 2.75) is 25.7 Å². The molecule has 0 unspecified atom stereocenters. The van der Waals surface area contributed by atoms with E-state index in [2.05, 4.69) is 0 Å². The average Bonchev–Trinajstić information content (AvgIpc) is 2.17. The molecule has 0 heterocycles. The van der Waals surface area contributed by atoms with Crippen LogP contribution in [0.3, 0.4) is 0 Å². The summed E-state index contributed by atoms with van der Waals surface area (Å²) in [6.07, 6.45) is -0.821. The van der Waals surface area contributed by atoms with Crippen LogP contribution in [0, 0.1) is 5.82 Å². The lowest BCUT2D eigenvalue weighted by Gasteiger charge is -2.16. The van der Waals surface area contributed by atoms with Crippen molar-refractivity contribution in [1.82, 2.24) is 0 Å². The Hall–Kier alpha value is -0.970. The fourth-order valence-corrected chi connectivity index (χ4v) is 1.21. The average molecular weight is 199 g/mol. The van der Waals surface area contributed by atoms with Gasteiger partial charge in [-0.2, -0.15) is 0 Å². The Labute approximate surface area is 82.0 Å². The van der Waals surface area contributed by atoms with Gasteiger partial charge in [-0.05, 0) is 24.6 Å². The van der Waals surface area contributed by atoms with Crippen molar-refractivity contribution in [3.63, 3.8) is 0 Å². The second kappa shape index (κ2) is 4.50. The fourth-order valence-electron chi connectivity index (χ4n) is 1.21. The van der Waals surface area contributed by atoms with Gasteiger partial charge in [0.25, 0.3) is 0 Å². The second-order valence-corrected chi connectivity index (χ2v) is 3.28. The first-order valence-electron chi connectivity index (χ1n) is 4.39. The summed E-state index contributed by atoms with van der Waals surface area (Å²) in [5.74, 6) is -0.462. The molecule has 2 atom stereocenters. The van der Waals surface area contributed by atoms with Crippen LogP contribution >= 0.6 is 0 Å². The number of aliphatic hydroxyl groups is 2. The van der Waals surface area contributed by atoms with Crippen LogP contribution in [0.2, 0.25) is 0 Å². The molecule has 0 aliphatic carbocycles. The standard InChI is InChI=1S/C10H14FNO2/c1-6(14)10(12)8-4-7(5-13)2-3-9(8)11/h2-4,6,10,13-14H,5,12H2,1H3/t6-,10+/m1/s1. The Kier molecular flexibility index (Phi) is 3.57. The van der Waals surface area contributed by atoms with E-state index in [-0.39, 0.29) is 12.2 Å². The minimum atomic E-state index is -0.821. The quantitative estimate of drug-likeness (QED) is 0.671. The van der Waals surface area contributed by atoms with Crippen LogP contribution in [0.25, 0.3) is 0 Å². The van der Waals surface area contributed by atoms with Crippen LogP contribution in [-0.4, -0.2) is 16.3 Å². The van der Waals surface area contributed by atoms with Gasteiger partial charge >= 0.3 is 0 Å². The summed E-state index contributed by atoms with van der Waals surface area (Å²) < 4.78 is 13.2. The normalized spacial score (nSPS) is 15.2.